The summed E-state index contributed by atoms with van der Waals surface area (Å²) in [5, 5.41) is 0. The number of nitrogens with zero attached hydrogens (tertiary/aromatic N) is 1. The number of hydrogen-bond acceptors (Lipinski definition) is 2. The van der Waals surface area contributed by atoms with Gasteiger partial charge in [-0.2, -0.15) is 17.5 Å². The zero-order valence-corrected chi connectivity index (χ0v) is 9.03. The van der Waals surface area contributed by atoms with Crippen LogP contribution >= 0.6 is 0 Å². The number of sulfonamides is 1. The normalized spacial score (nSPS) is 20.9. The molecule has 0 aromatic heterocycles. The molecule has 1 heterocycles. The second kappa shape index (κ2) is 4.13. The van der Waals surface area contributed by atoms with Gasteiger partial charge in [-0.15, -0.1) is 0 Å². The average Bonchev–Trinajstić information content (AvgIpc) is 2.27. The Hall–Kier alpha value is -0.560. The topological polar surface area (TPSA) is 37.4 Å². The highest BCUT2D eigenvalue weighted by molar-refractivity contribution is 7.90. The van der Waals surface area contributed by atoms with Crippen LogP contribution in [0.4, 0.5) is 13.2 Å². The summed E-state index contributed by atoms with van der Waals surface area (Å²) in [7, 11) is -5.16. The first-order valence-electron chi connectivity index (χ1n) is 4.47. The third-order valence-electron chi connectivity index (χ3n) is 2.16. The zero-order valence-electron chi connectivity index (χ0n) is 8.21. The van der Waals surface area contributed by atoms with Gasteiger partial charge in [0.2, 0.25) is 0 Å². The summed E-state index contributed by atoms with van der Waals surface area (Å²) in [6.45, 7) is 1.39. The van der Waals surface area contributed by atoms with Gasteiger partial charge >= 0.3 is 15.5 Å². The van der Waals surface area contributed by atoms with Gasteiger partial charge in [0.05, 0.1) is 0 Å². The zero-order chi connectivity index (χ0) is 11.7. The first kappa shape index (κ1) is 12.5. The summed E-state index contributed by atoms with van der Waals surface area (Å²) in [6, 6.07) is 0. The lowest BCUT2D eigenvalue weighted by atomic mass is 10.2. The van der Waals surface area contributed by atoms with E-state index in [4.69, 9.17) is 0 Å². The van der Waals surface area contributed by atoms with Crippen LogP contribution in [-0.4, -0.2) is 31.3 Å². The van der Waals surface area contributed by atoms with E-state index in [-0.39, 0.29) is 13.1 Å². The summed E-state index contributed by atoms with van der Waals surface area (Å²) in [5.41, 5.74) is -4.54. The molecule has 88 valence electrons. The van der Waals surface area contributed by atoms with Crippen molar-refractivity contribution in [1.29, 1.82) is 0 Å². The number of hydrogen-bond donors (Lipinski definition) is 0. The molecule has 3 nitrogen and oxygen atoms in total. The highest BCUT2D eigenvalue weighted by atomic mass is 32.2. The van der Waals surface area contributed by atoms with Gasteiger partial charge in [-0.25, -0.2) is 8.42 Å². The summed E-state index contributed by atoms with van der Waals surface area (Å²) >= 11 is 0. The fourth-order valence-electron chi connectivity index (χ4n) is 1.39. The van der Waals surface area contributed by atoms with Crippen molar-refractivity contribution in [3.63, 3.8) is 0 Å². The van der Waals surface area contributed by atoms with Crippen molar-refractivity contribution in [3.8, 4) is 0 Å². The Morgan fingerprint density at radius 2 is 2.00 bits per heavy atom. The lowest BCUT2D eigenvalue weighted by molar-refractivity contribution is -0.0486. The van der Waals surface area contributed by atoms with Gasteiger partial charge in [0, 0.05) is 13.1 Å². The minimum absolute atomic E-state index is 0.0737. The van der Waals surface area contributed by atoms with E-state index in [1.54, 1.807) is 13.0 Å². The van der Waals surface area contributed by atoms with E-state index < -0.39 is 15.5 Å². The van der Waals surface area contributed by atoms with Crippen LogP contribution in [0.25, 0.3) is 0 Å². The van der Waals surface area contributed by atoms with Crippen LogP contribution in [0.2, 0.25) is 0 Å². The van der Waals surface area contributed by atoms with E-state index in [0.29, 0.717) is 22.7 Å². The molecule has 0 fully saturated rings. The SMILES string of the molecule is CC1=CCCCN(S(=O)(=O)C(F)(F)F)C1. The Morgan fingerprint density at radius 1 is 1.40 bits per heavy atom. The predicted octanol–water partition coefficient (Wildman–Crippen LogP) is 1.88. The molecular weight excluding hydrogens is 231 g/mol. The maximum absolute atomic E-state index is 12.2. The van der Waals surface area contributed by atoms with Gasteiger partial charge < -0.3 is 0 Å². The van der Waals surface area contributed by atoms with Crippen LogP contribution in [0, 0.1) is 0 Å². The molecule has 0 aromatic carbocycles. The molecule has 1 aliphatic heterocycles. The molecular formula is C8H12F3NO2S. The molecule has 0 radical (unpaired) electrons. The van der Waals surface area contributed by atoms with Crippen LogP contribution in [0.5, 0.6) is 0 Å². The van der Waals surface area contributed by atoms with Crippen molar-refractivity contribution in [2.75, 3.05) is 13.1 Å². The molecule has 0 saturated heterocycles. The van der Waals surface area contributed by atoms with Crippen LogP contribution < -0.4 is 0 Å². The van der Waals surface area contributed by atoms with Gasteiger partial charge in [-0.3, -0.25) is 0 Å². The number of rotatable bonds is 1. The molecule has 0 amide bonds. The number of halogens is 3. The Bertz CT molecular complexity index is 359. The minimum atomic E-state index is -5.20. The predicted molar refractivity (Wildman–Crippen MR) is 49.5 cm³/mol. The van der Waals surface area contributed by atoms with Crippen LogP contribution in [0.15, 0.2) is 11.6 Å². The Morgan fingerprint density at radius 3 is 2.53 bits per heavy atom. The van der Waals surface area contributed by atoms with E-state index in [1.807, 2.05) is 0 Å². The first-order valence-corrected chi connectivity index (χ1v) is 5.91. The molecule has 0 atom stereocenters. The molecule has 1 rings (SSSR count). The Kier molecular flexibility index (Phi) is 3.44. The van der Waals surface area contributed by atoms with E-state index in [2.05, 4.69) is 0 Å². The lowest BCUT2D eigenvalue weighted by Gasteiger charge is -2.21. The van der Waals surface area contributed by atoms with Crippen molar-refractivity contribution in [3.05, 3.63) is 11.6 Å². The third kappa shape index (κ3) is 2.72. The molecule has 0 unspecified atom stereocenters. The van der Waals surface area contributed by atoms with Gasteiger partial charge in [-0.05, 0) is 19.8 Å². The lowest BCUT2D eigenvalue weighted by Crippen LogP contribution is -2.41. The van der Waals surface area contributed by atoms with E-state index in [0.717, 1.165) is 0 Å². The fraction of sp³-hybridized carbons (Fsp3) is 0.750. The number of allylic oxidation sites excluding steroid dienone is 1. The van der Waals surface area contributed by atoms with E-state index in [1.165, 1.54) is 0 Å². The van der Waals surface area contributed by atoms with Crippen molar-refractivity contribution in [1.82, 2.24) is 4.31 Å². The van der Waals surface area contributed by atoms with Gasteiger partial charge in [0.1, 0.15) is 0 Å². The number of alkyl halides is 3. The summed E-state index contributed by atoms with van der Waals surface area (Å²) < 4.78 is 59.3. The van der Waals surface area contributed by atoms with Gasteiger partial charge in [0.25, 0.3) is 0 Å². The van der Waals surface area contributed by atoms with Crippen LogP contribution in [0.1, 0.15) is 19.8 Å². The van der Waals surface area contributed by atoms with Gasteiger partial charge in [0.15, 0.2) is 0 Å². The smallest absolute Gasteiger partial charge is 0.203 e. The Balaban J connectivity index is 2.93. The van der Waals surface area contributed by atoms with Crippen molar-refractivity contribution in [2.45, 2.75) is 25.3 Å². The monoisotopic (exact) mass is 243 g/mol. The molecule has 0 saturated carbocycles. The summed E-state index contributed by atoms with van der Waals surface area (Å²) in [6.07, 6.45) is 2.81. The molecule has 0 bridgehead atoms. The summed E-state index contributed by atoms with van der Waals surface area (Å²) in [5.74, 6) is 0. The van der Waals surface area contributed by atoms with Crippen LogP contribution in [-0.2, 0) is 10.0 Å². The van der Waals surface area contributed by atoms with Crippen molar-refractivity contribution in [2.24, 2.45) is 0 Å². The third-order valence-corrected chi connectivity index (χ3v) is 3.74. The molecule has 15 heavy (non-hydrogen) atoms. The molecule has 0 aromatic rings. The highest BCUT2D eigenvalue weighted by Gasteiger charge is 2.49. The Labute approximate surface area is 86.6 Å². The molecule has 0 spiro atoms. The van der Waals surface area contributed by atoms with Crippen molar-refractivity contribution >= 4 is 10.0 Å². The largest absolute Gasteiger partial charge is 0.511 e. The standard InChI is InChI=1S/C8H12F3NO2S/c1-7-4-2-3-5-12(6-7)15(13,14)8(9,10)11/h4H,2-3,5-6H2,1H3. The van der Waals surface area contributed by atoms with Crippen LogP contribution in [0.3, 0.4) is 0 Å². The van der Waals surface area contributed by atoms with Gasteiger partial charge in [-0.1, -0.05) is 11.6 Å². The molecule has 7 heteroatoms. The summed E-state index contributed by atoms with van der Waals surface area (Å²) in [4.78, 5) is 0. The fourth-order valence-corrected chi connectivity index (χ4v) is 2.43. The van der Waals surface area contributed by atoms with Crippen molar-refractivity contribution < 1.29 is 21.6 Å². The highest BCUT2D eigenvalue weighted by Crippen LogP contribution is 2.28. The molecule has 0 aliphatic carbocycles. The minimum Gasteiger partial charge on any atom is -0.203 e. The maximum atomic E-state index is 12.2. The first-order chi connectivity index (χ1) is 6.75. The second-order valence-corrected chi connectivity index (χ2v) is 5.41. The molecule has 0 N–H and O–H groups in total. The van der Waals surface area contributed by atoms with E-state index in [9.17, 15) is 21.6 Å². The average molecular weight is 243 g/mol. The molecule has 1 aliphatic rings. The quantitative estimate of drug-likeness (QED) is 0.659. The maximum Gasteiger partial charge on any atom is 0.511 e. The second-order valence-electron chi connectivity index (χ2n) is 3.48. The van der Waals surface area contributed by atoms with E-state index >= 15 is 0 Å².